The Balaban J connectivity index is 1.94. The summed E-state index contributed by atoms with van der Waals surface area (Å²) in [5.74, 6) is 0.921. The Bertz CT molecular complexity index is 343. The minimum atomic E-state index is 0.629. The average Bonchev–Trinajstić information content (AvgIpc) is 2.77. The van der Waals surface area contributed by atoms with Gasteiger partial charge in [-0.05, 0) is 31.6 Å². The maximum atomic E-state index is 4.21. The fourth-order valence-electron chi connectivity index (χ4n) is 2.18. The van der Waals surface area contributed by atoms with Gasteiger partial charge in [-0.25, -0.2) is 4.98 Å². The van der Waals surface area contributed by atoms with Crippen molar-refractivity contribution in [1.29, 1.82) is 0 Å². The number of rotatable bonds is 4. The van der Waals surface area contributed by atoms with E-state index in [1.165, 1.54) is 24.9 Å². The zero-order chi connectivity index (χ0) is 11.4. The van der Waals surface area contributed by atoms with Crippen LogP contribution in [0.4, 0.5) is 11.5 Å². The average molecular weight is 237 g/mol. The molecule has 2 rings (SSSR count). The summed E-state index contributed by atoms with van der Waals surface area (Å²) in [5.41, 5.74) is 1.17. The number of pyridine rings is 1. The van der Waals surface area contributed by atoms with Gasteiger partial charge >= 0.3 is 0 Å². The third-order valence-electron chi connectivity index (χ3n) is 3.10. The summed E-state index contributed by atoms with van der Waals surface area (Å²) < 4.78 is 0. The SMILES string of the molecule is CNc1cc(NC2CCC(SC)C2)ccn1. The predicted molar refractivity (Wildman–Crippen MR) is 72.3 cm³/mol. The van der Waals surface area contributed by atoms with Crippen LogP contribution in [-0.2, 0) is 0 Å². The number of aromatic nitrogens is 1. The van der Waals surface area contributed by atoms with Gasteiger partial charge in [0, 0.05) is 36.3 Å². The van der Waals surface area contributed by atoms with Crippen LogP contribution in [0.1, 0.15) is 19.3 Å². The molecular weight excluding hydrogens is 218 g/mol. The maximum Gasteiger partial charge on any atom is 0.127 e. The molecule has 2 unspecified atom stereocenters. The Kier molecular flexibility index (Phi) is 3.93. The van der Waals surface area contributed by atoms with E-state index in [1.54, 1.807) is 0 Å². The molecule has 1 aromatic heterocycles. The first-order chi connectivity index (χ1) is 7.81. The number of nitrogens with zero attached hydrogens (tertiary/aromatic N) is 1. The molecule has 1 heterocycles. The standard InChI is InChI=1S/C12H19N3S/c1-13-12-8-10(5-6-14-12)15-9-3-4-11(7-9)16-2/h5-6,8-9,11H,3-4,7H2,1-2H3,(H2,13,14,15). The molecule has 0 saturated heterocycles. The molecule has 0 aliphatic heterocycles. The van der Waals surface area contributed by atoms with E-state index in [-0.39, 0.29) is 0 Å². The lowest BCUT2D eigenvalue weighted by atomic mass is 10.2. The van der Waals surface area contributed by atoms with Gasteiger partial charge in [-0.1, -0.05) is 0 Å². The molecule has 1 aliphatic carbocycles. The van der Waals surface area contributed by atoms with Crippen molar-refractivity contribution in [2.24, 2.45) is 0 Å². The highest BCUT2D eigenvalue weighted by Gasteiger charge is 2.23. The highest BCUT2D eigenvalue weighted by molar-refractivity contribution is 7.99. The van der Waals surface area contributed by atoms with Gasteiger partial charge in [-0.2, -0.15) is 11.8 Å². The second-order valence-electron chi connectivity index (χ2n) is 4.19. The first kappa shape index (κ1) is 11.6. The van der Waals surface area contributed by atoms with Crippen LogP contribution in [0, 0.1) is 0 Å². The van der Waals surface area contributed by atoms with Crippen molar-refractivity contribution in [3.63, 3.8) is 0 Å². The van der Waals surface area contributed by atoms with Gasteiger partial charge in [0.1, 0.15) is 5.82 Å². The van der Waals surface area contributed by atoms with E-state index in [4.69, 9.17) is 0 Å². The van der Waals surface area contributed by atoms with Crippen LogP contribution < -0.4 is 10.6 Å². The van der Waals surface area contributed by atoms with Crippen molar-refractivity contribution in [1.82, 2.24) is 4.98 Å². The second kappa shape index (κ2) is 5.43. The highest BCUT2D eigenvalue weighted by Crippen LogP contribution is 2.30. The lowest BCUT2D eigenvalue weighted by Gasteiger charge is -2.14. The monoisotopic (exact) mass is 237 g/mol. The molecule has 0 amide bonds. The molecule has 1 aliphatic rings. The predicted octanol–water partition coefficient (Wildman–Crippen LogP) is 2.82. The smallest absolute Gasteiger partial charge is 0.127 e. The molecule has 1 aromatic rings. The highest BCUT2D eigenvalue weighted by atomic mass is 32.2. The summed E-state index contributed by atoms with van der Waals surface area (Å²) in [4.78, 5) is 4.21. The van der Waals surface area contributed by atoms with E-state index >= 15 is 0 Å². The molecule has 2 N–H and O–H groups in total. The molecule has 0 radical (unpaired) electrons. The zero-order valence-electron chi connectivity index (χ0n) is 9.86. The first-order valence-electron chi connectivity index (χ1n) is 5.75. The molecule has 1 fully saturated rings. The van der Waals surface area contributed by atoms with Crippen LogP contribution in [0.3, 0.4) is 0 Å². The van der Waals surface area contributed by atoms with Gasteiger partial charge in [0.05, 0.1) is 0 Å². The number of nitrogens with one attached hydrogen (secondary N) is 2. The van der Waals surface area contributed by atoms with Crippen molar-refractivity contribution in [2.45, 2.75) is 30.6 Å². The molecule has 16 heavy (non-hydrogen) atoms. The summed E-state index contributed by atoms with van der Waals surface area (Å²) in [6, 6.07) is 4.73. The molecule has 88 valence electrons. The van der Waals surface area contributed by atoms with Crippen LogP contribution in [0.15, 0.2) is 18.3 Å². The van der Waals surface area contributed by atoms with Gasteiger partial charge < -0.3 is 10.6 Å². The molecule has 0 bridgehead atoms. The van der Waals surface area contributed by atoms with E-state index < -0.39 is 0 Å². The van der Waals surface area contributed by atoms with Gasteiger partial charge in [0.25, 0.3) is 0 Å². The van der Waals surface area contributed by atoms with E-state index in [9.17, 15) is 0 Å². The number of hydrogen-bond donors (Lipinski definition) is 2. The lowest BCUT2D eigenvalue weighted by molar-refractivity contribution is 0.757. The third kappa shape index (κ3) is 2.82. The van der Waals surface area contributed by atoms with Crippen molar-refractivity contribution in [2.75, 3.05) is 23.9 Å². The molecule has 1 saturated carbocycles. The quantitative estimate of drug-likeness (QED) is 0.844. The summed E-state index contributed by atoms with van der Waals surface area (Å²) in [5, 5.41) is 7.48. The zero-order valence-corrected chi connectivity index (χ0v) is 10.7. The molecule has 0 spiro atoms. The minimum absolute atomic E-state index is 0.629. The van der Waals surface area contributed by atoms with Gasteiger partial charge in [0.15, 0.2) is 0 Å². The normalized spacial score (nSPS) is 24.4. The Labute approximate surface area is 101 Å². The molecule has 2 atom stereocenters. The van der Waals surface area contributed by atoms with Gasteiger partial charge in [-0.15, -0.1) is 0 Å². The van der Waals surface area contributed by atoms with Gasteiger partial charge in [-0.3, -0.25) is 0 Å². The maximum absolute atomic E-state index is 4.21. The van der Waals surface area contributed by atoms with Crippen molar-refractivity contribution in [3.8, 4) is 0 Å². The number of thioether (sulfide) groups is 1. The summed E-state index contributed by atoms with van der Waals surface area (Å²) >= 11 is 1.99. The Morgan fingerprint density at radius 2 is 2.31 bits per heavy atom. The molecule has 0 aromatic carbocycles. The van der Waals surface area contributed by atoms with Crippen LogP contribution in [0.5, 0.6) is 0 Å². The lowest BCUT2D eigenvalue weighted by Crippen LogP contribution is -2.16. The number of anilines is 2. The van der Waals surface area contributed by atoms with Crippen molar-refractivity contribution < 1.29 is 0 Å². The molecular formula is C12H19N3S. The summed E-state index contributed by atoms with van der Waals surface area (Å²) in [6.07, 6.45) is 7.94. The summed E-state index contributed by atoms with van der Waals surface area (Å²) in [6.45, 7) is 0. The third-order valence-corrected chi connectivity index (χ3v) is 4.20. The topological polar surface area (TPSA) is 37.0 Å². The second-order valence-corrected chi connectivity index (χ2v) is 5.33. The van der Waals surface area contributed by atoms with E-state index in [0.29, 0.717) is 6.04 Å². The van der Waals surface area contributed by atoms with Gasteiger partial charge in [0.2, 0.25) is 0 Å². The number of hydrogen-bond acceptors (Lipinski definition) is 4. The largest absolute Gasteiger partial charge is 0.382 e. The van der Waals surface area contributed by atoms with Crippen molar-refractivity contribution >= 4 is 23.3 Å². The molecule has 4 heteroatoms. The van der Waals surface area contributed by atoms with E-state index in [0.717, 1.165) is 11.1 Å². The van der Waals surface area contributed by atoms with Crippen LogP contribution >= 0.6 is 11.8 Å². The summed E-state index contributed by atoms with van der Waals surface area (Å²) in [7, 11) is 1.89. The minimum Gasteiger partial charge on any atom is -0.382 e. The fourth-order valence-corrected chi connectivity index (χ4v) is 2.97. The van der Waals surface area contributed by atoms with Crippen LogP contribution in [-0.4, -0.2) is 29.6 Å². The molecule has 3 nitrogen and oxygen atoms in total. The van der Waals surface area contributed by atoms with Crippen LogP contribution in [0.25, 0.3) is 0 Å². The van der Waals surface area contributed by atoms with Crippen LogP contribution in [0.2, 0.25) is 0 Å². The Morgan fingerprint density at radius 3 is 3.00 bits per heavy atom. The first-order valence-corrected chi connectivity index (χ1v) is 7.03. The Hall–Kier alpha value is -0.900. The van der Waals surface area contributed by atoms with E-state index in [1.807, 2.05) is 31.1 Å². The fraction of sp³-hybridized carbons (Fsp3) is 0.583. The van der Waals surface area contributed by atoms with E-state index in [2.05, 4.69) is 27.9 Å². The van der Waals surface area contributed by atoms with Crippen molar-refractivity contribution in [3.05, 3.63) is 18.3 Å². The Morgan fingerprint density at radius 1 is 1.44 bits per heavy atom.